The minimum absolute atomic E-state index is 0.0603. The Morgan fingerprint density at radius 1 is 1.21 bits per heavy atom. The van der Waals surface area contributed by atoms with E-state index in [2.05, 4.69) is 41.4 Å². The van der Waals surface area contributed by atoms with Crippen molar-refractivity contribution in [3.63, 3.8) is 0 Å². The Hall–Kier alpha value is -3.07. The van der Waals surface area contributed by atoms with Crippen molar-refractivity contribution in [1.82, 2.24) is 14.8 Å². The summed E-state index contributed by atoms with van der Waals surface area (Å²) >= 11 is 1.39. The van der Waals surface area contributed by atoms with Gasteiger partial charge in [-0.2, -0.15) is 5.10 Å². The second kappa shape index (κ2) is 7.51. The first kappa shape index (κ1) is 19.7. The molecule has 0 spiro atoms. The van der Waals surface area contributed by atoms with E-state index in [1.165, 1.54) is 27.1 Å². The Balaban J connectivity index is 1.78. The quantitative estimate of drug-likeness (QED) is 0.514. The second-order valence-corrected chi connectivity index (χ2v) is 7.91. The van der Waals surface area contributed by atoms with Crippen LogP contribution >= 0.6 is 11.3 Å². The number of carbonyl (C=O) groups is 1. The number of thiazole rings is 1. The molecule has 8 nitrogen and oxygen atoms in total. The number of benzene rings is 1. The van der Waals surface area contributed by atoms with E-state index in [0.29, 0.717) is 10.8 Å². The summed E-state index contributed by atoms with van der Waals surface area (Å²) in [5, 5.41) is 18.5. The van der Waals surface area contributed by atoms with Crippen LogP contribution in [0.2, 0.25) is 0 Å². The Kier molecular flexibility index (Phi) is 5.28. The number of carbonyl (C=O) groups excluding carboxylic acids is 1. The molecule has 2 aromatic heterocycles. The molecule has 9 heteroatoms. The van der Waals surface area contributed by atoms with Crippen LogP contribution in [0.15, 0.2) is 18.2 Å². The van der Waals surface area contributed by atoms with Crippen molar-refractivity contribution in [3.8, 4) is 11.3 Å². The van der Waals surface area contributed by atoms with Crippen molar-refractivity contribution < 1.29 is 9.72 Å². The molecule has 1 aromatic carbocycles. The van der Waals surface area contributed by atoms with Gasteiger partial charge in [-0.15, -0.1) is 11.3 Å². The van der Waals surface area contributed by atoms with E-state index in [1.54, 1.807) is 13.8 Å². The highest BCUT2D eigenvalue weighted by Crippen LogP contribution is 2.31. The number of nitro groups is 1. The molecule has 0 bridgehead atoms. The fourth-order valence-electron chi connectivity index (χ4n) is 3.01. The van der Waals surface area contributed by atoms with E-state index < -0.39 is 4.92 Å². The maximum absolute atomic E-state index is 12.4. The molecule has 0 radical (unpaired) electrons. The van der Waals surface area contributed by atoms with Crippen LogP contribution in [-0.2, 0) is 11.3 Å². The van der Waals surface area contributed by atoms with Gasteiger partial charge >= 0.3 is 5.69 Å². The summed E-state index contributed by atoms with van der Waals surface area (Å²) in [4.78, 5) is 28.6. The smallest absolute Gasteiger partial charge is 0.300 e. The van der Waals surface area contributed by atoms with Crippen LogP contribution in [0.4, 0.5) is 10.8 Å². The molecule has 0 unspecified atom stereocenters. The Labute approximate surface area is 166 Å². The number of anilines is 1. The molecule has 1 amide bonds. The van der Waals surface area contributed by atoms with Crippen LogP contribution in [0, 0.1) is 44.7 Å². The van der Waals surface area contributed by atoms with Crippen LogP contribution in [0.1, 0.15) is 27.4 Å². The molecule has 0 saturated carbocycles. The van der Waals surface area contributed by atoms with Crippen molar-refractivity contribution in [2.75, 3.05) is 5.32 Å². The SMILES string of the molecule is Cc1ccc(-c2nc(NC(=O)Cn3nc(C)c([N+](=O)[O-])c3C)sc2C)cc1C. The highest BCUT2D eigenvalue weighted by molar-refractivity contribution is 7.16. The van der Waals surface area contributed by atoms with Gasteiger partial charge < -0.3 is 5.32 Å². The summed E-state index contributed by atoms with van der Waals surface area (Å²) in [5.74, 6) is -0.333. The van der Waals surface area contributed by atoms with Gasteiger partial charge in [-0.25, -0.2) is 4.98 Å². The molecule has 28 heavy (non-hydrogen) atoms. The predicted molar refractivity (Wildman–Crippen MR) is 109 cm³/mol. The molecule has 2 heterocycles. The Morgan fingerprint density at radius 2 is 1.93 bits per heavy atom. The first-order valence-corrected chi connectivity index (χ1v) is 9.52. The average Bonchev–Trinajstić information content (AvgIpc) is 3.09. The van der Waals surface area contributed by atoms with E-state index in [9.17, 15) is 14.9 Å². The van der Waals surface area contributed by atoms with Gasteiger partial charge in [-0.1, -0.05) is 12.1 Å². The standard InChI is InChI=1S/C19H21N5O3S/c1-10-6-7-15(8-11(10)2)17-14(5)28-19(21-17)20-16(25)9-23-13(4)18(24(26)27)12(3)22-23/h6-8H,9H2,1-5H3,(H,20,21,25). The van der Waals surface area contributed by atoms with Gasteiger partial charge in [0, 0.05) is 10.4 Å². The highest BCUT2D eigenvalue weighted by Gasteiger charge is 2.23. The minimum atomic E-state index is -0.480. The summed E-state index contributed by atoms with van der Waals surface area (Å²) in [6.07, 6.45) is 0. The van der Waals surface area contributed by atoms with Crippen molar-refractivity contribution in [2.24, 2.45) is 0 Å². The number of amides is 1. The van der Waals surface area contributed by atoms with Crippen molar-refractivity contribution in [2.45, 2.75) is 41.2 Å². The number of rotatable bonds is 5. The summed E-state index contributed by atoms with van der Waals surface area (Å²) in [6.45, 7) is 9.09. The summed E-state index contributed by atoms with van der Waals surface area (Å²) in [7, 11) is 0. The highest BCUT2D eigenvalue weighted by atomic mass is 32.1. The van der Waals surface area contributed by atoms with Gasteiger partial charge in [0.2, 0.25) is 5.91 Å². The summed E-state index contributed by atoms with van der Waals surface area (Å²) < 4.78 is 1.34. The van der Waals surface area contributed by atoms with E-state index in [1.807, 2.05) is 13.0 Å². The molecular weight excluding hydrogens is 378 g/mol. The van der Waals surface area contributed by atoms with Crippen LogP contribution in [-0.4, -0.2) is 25.6 Å². The zero-order valence-electron chi connectivity index (χ0n) is 16.4. The molecule has 0 aliphatic rings. The van der Waals surface area contributed by atoms with Gasteiger partial charge in [0.25, 0.3) is 0 Å². The Morgan fingerprint density at radius 3 is 2.54 bits per heavy atom. The fraction of sp³-hybridized carbons (Fsp3) is 0.316. The van der Waals surface area contributed by atoms with E-state index in [0.717, 1.165) is 16.1 Å². The first-order valence-electron chi connectivity index (χ1n) is 8.70. The largest absolute Gasteiger partial charge is 0.312 e. The third-order valence-corrected chi connectivity index (χ3v) is 5.53. The third kappa shape index (κ3) is 3.79. The second-order valence-electron chi connectivity index (χ2n) is 6.71. The van der Waals surface area contributed by atoms with Crippen molar-refractivity contribution in [3.05, 3.63) is 55.7 Å². The lowest BCUT2D eigenvalue weighted by molar-refractivity contribution is -0.386. The molecule has 3 rings (SSSR count). The molecule has 0 fully saturated rings. The molecule has 3 aromatic rings. The van der Waals surface area contributed by atoms with Gasteiger partial charge in [-0.05, 0) is 51.8 Å². The number of nitrogens with zero attached hydrogens (tertiary/aromatic N) is 4. The lowest BCUT2D eigenvalue weighted by Gasteiger charge is -2.04. The normalized spacial score (nSPS) is 10.9. The maximum atomic E-state index is 12.4. The van der Waals surface area contributed by atoms with Gasteiger partial charge in [0.15, 0.2) is 5.13 Å². The van der Waals surface area contributed by atoms with E-state index in [-0.39, 0.29) is 23.8 Å². The maximum Gasteiger partial charge on any atom is 0.312 e. The van der Waals surface area contributed by atoms with E-state index in [4.69, 9.17) is 0 Å². The van der Waals surface area contributed by atoms with E-state index >= 15 is 0 Å². The molecule has 0 saturated heterocycles. The number of hydrogen-bond acceptors (Lipinski definition) is 6. The molecule has 146 valence electrons. The minimum Gasteiger partial charge on any atom is -0.300 e. The van der Waals surface area contributed by atoms with Crippen LogP contribution in [0.5, 0.6) is 0 Å². The van der Waals surface area contributed by atoms with Crippen LogP contribution < -0.4 is 5.32 Å². The lowest BCUT2D eigenvalue weighted by atomic mass is 10.0. The summed E-state index contributed by atoms with van der Waals surface area (Å²) in [6, 6.07) is 6.15. The number of nitrogens with one attached hydrogen (secondary N) is 1. The predicted octanol–water partition coefficient (Wildman–Crippen LogP) is 4.10. The third-order valence-electron chi connectivity index (χ3n) is 4.64. The zero-order valence-corrected chi connectivity index (χ0v) is 17.2. The topological polar surface area (TPSA) is 103 Å². The fourth-order valence-corrected chi connectivity index (χ4v) is 3.86. The number of aryl methyl sites for hydroxylation is 4. The van der Waals surface area contributed by atoms with Crippen LogP contribution in [0.3, 0.4) is 0 Å². The molecule has 0 aliphatic carbocycles. The average molecular weight is 399 g/mol. The van der Waals surface area contributed by atoms with Crippen LogP contribution in [0.25, 0.3) is 11.3 Å². The molecule has 1 N–H and O–H groups in total. The first-order chi connectivity index (χ1) is 13.2. The van der Waals surface area contributed by atoms with Crippen molar-refractivity contribution >= 4 is 28.1 Å². The number of aromatic nitrogens is 3. The van der Waals surface area contributed by atoms with Gasteiger partial charge in [0.1, 0.15) is 17.9 Å². The van der Waals surface area contributed by atoms with Gasteiger partial charge in [0.05, 0.1) is 10.6 Å². The zero-order chi connectivity index (χ0) is 20.6. The Bertz CT molecular complexity index is 1080. The van der Waals surface area contributed by atoms with Gasteiger partial charge in [-0.3, -0.25) is 19.6 Å². The molecule has 0 aliphatic heterocycles. The molecular formula is C19H21N5O3S. The number of hydrogen-bond donors (Lipinski definition) is 1. The monoisotopic (exact) mass is 399 g/mol. The lowest BCUT2D eigenvalue weighted by Crippen LogP contribution is -2.20. The molecule has 0 atom stereocenters. The van der Waals surface area contributed by atoms with Crippen molar-refractivity contribution in [1.29, 1.82) is 0 Å². The summed E-state index contributed by atoms with van der Waals surface area (Å²) in [5.41, 5.74) is 4.82.